The number of furan rings is 1. The van der Waals surface area contributed by atoms with E-state index in [0.29, 0.717) is 23.8 Å². The zero-order valence-electron chi connectivity index (χ0n) is 16.1. The van der Waals surface area contributed by atoms with Crippen molar-refractivity contribution < 1.29 is 13.9 Å². The molecule has 1 aromatic carbocycles. The number of nitrogens with zero attached hydrogens (tertiary/aromatic N) is 2. The minimum absolute atomic E-state index is 0.0574. The molecule has 7 heteroatoms. The zero-order valence-corrected chi connectivity index (χ0v) is 16.1. The van der Waals surface area contributed by atoms with Gasteiger partial charge in [-0.05, 0) is 56.3 Å². The van der Waals surface area contributed by atoms with Crippen LogP contribution in [0.2, 0.25) is 0 Å². The Kier molecular flexibility index (Phi) is 4.83. The van der Waals surface area contributed by atoms with Crippen molar-refractivity contribution in [3.63, 3.8) is 0 Å². The van der Waals surface area contributed by atoms with Gasteiger partial charge in [-0.3, -0.25) is 5.10 Å². The maximum Gasteiger partial charge on any atom is 0.244 e. The number of nitrogens with two attached hydrogens (primary N) is 1. The summed E-state index contributed by atoms with van der Waals surface area (Å²) in [7, 11) is 0. The highest BCUT2D eigenvalue weighted by molar-refractivity contribution is 5.72. The first-order valence-corrected chi connectivity index (χ1v) is 9.23. The van der Waals surface area contributed by atoms with Crippen LogP contribution in [0.15, 0.2) is 64.1 Å². The van der Waals surface area contributed by atoms with E-state index in [9.17, 15) is 5.26 Å². The van der Waals surface area contributed by atoms with E-state index < -0.39 is 5.92 Å². The molecule has 4 rings (SSSR count). The molecule has 0 unspecified atom stereocenters. The summed E-state index contributed by atoms with van der Waals surface area (Å²) >= 11 is 0. The predicted molar refractivity (Wildman–Crippen MR) is 108 cm³/mol. The molecule has 146 valence electrons. The minimum atomic E-state index is -0.408. The lowest BCUT2D eigenvalue weighted by molar-refractivity contribution is 0.340. The standard InChI is InChI=1S/C22H20N4O3/c1-3-27-15-8-6-14(7-9-15)20-19-18(13(2)11-16-5-4-10-28-16)17(12-23)21(24)29-22(19)26-25-20/h4-11,18H,3,24H2,1-2H3,(H,25,26)/b13-11+/t18-/m1/s1. The van der Waals surface area contributed by atoms with Gasteiger partial charge in [0, 0.05) is 5.56 Å². The Morgan fingerprint density at radius 1 is 1.34 bits per heavy atom. The molecule has 29 heavy (non-hydrogen) atoms. The van der Waals surface area contributed by atoms with E-state index in [1.165, 1.54) is 0 Å². The highest BCUT2D eigenvalue weighted by atomic mass is 16.5. The third-order valence-corrected chi connectivity index (χ3v) is 4.76. The van der Waals surface area contributed by atoms with Gasteiger partial charge >= 0.3 is 0 Å². The Labute approximate surface area is 168 Å². The summed E-state index contributed by atoms with van der Waals surface area (Å²) in [5, 5.41) is 17.1. The van der Waals surface area contributed by atoms with Gasteiger partial charge in [0.1, 0.15) is 23.2 Å². The lowest BCUT2D eigenvalue weighted by Gasteiger charge is -2.24. The number of rotatable bonds is 5. The molecule has 0 bridgehead atoms. The van der Waals surface area contributed by atoms with Crippen LogP contribution in [0.5, 0.6) is 11.6 Å². The van der Waals surface area contributed by atoms with Crippen LogP contribution in [0.3, 0.4) is 0 Å². The number of H-pyrrole nitrogens is 1. The van der Waals surface area contributed by atoms with Gasteiger partial charge in [-0.25, -0.2) is 0 Å². The van der Waals surface area contributed by atoms with Crippen molar-refractivity contribution in [1.82, 2.24) is 10.2 Å². The fourth-order valence-corrected chi connectivity index (χ4v) is 3.49. The molecule has 2 aromatic heterocycles. The Morgan fingerprint density at radius 2 is 2.14 bits per heavy atom. The van der Waals surface area contributed by atoms with E-state index in [2.05, 4.69) is 16.3 Å². The minimum Gasteiger partial charge on any atom is -0.494 e. The third-order valence-electron chi connectivity index (χ3n) is 4.76. The molecule has 3 N–H and O–H groups in total. The van der Waals surface area contributed by atoms with Crippen LogP contribution in [-0.4, -0.2) is 16.8 Å². The fraction of sp³-hybridized carbons (Fsp3) is 0.182. The summed E-state index contributed by atoms with van der Waals surface area (Å²) in [5.41, 5.74) is 9.68. The molecular weight excluding hydrogens is 368 g/mol. The number of aromatic nitrogens is 2. The zero-order chi connectivity index (χ0) is 20.4. The van der Waals surface area contributed by atoms with Crippen LogP contribution in [0.1, 0.15) is 31.1 Å². The lowest BCUT2D eigenvalue weighted by Crippen LogP contribution is -2.20. The first-order valence-electron chi connectivity index (χ1n) is 9.23. The van der Waals surface area contributed by atoms with E-state index >= 15 is 0 Å². The summed E-state index contributed by atoms with van der Waals surface area (Å²) in [4.78, 5) is 0. The number of nitrogens with one attached hydrogen (secondary N) is 1. The van der Waals surface area contributed by atoms with Gasteiger partial charge in [-0.1, -0.05) is 5.57 Å². The smallest absolute Gasteiger partial charge is 0.244 e. The van der Waals surface area contributed by atoms with Gasteiger partial charge in [-0.2, -0.15) is 5.26 Å². The number of fused-ring (bicyclic) bond motifs is 1. The van der Waals surface area contributed by atoms with Crippen molar-refractivity contribution in [2.24, 2.45) is 5.73 Å². The molecular formula is C22H20N4O3. The van der Waals surface area contributed by atoms with Gasteiger partial charge in [0.25, 0.3) is 0 Å². The van der Waals surface area contributed by atoms with Crippen LogP contribution in [0.4, 0.5) is 0 Å². The molecule has 3 aromatic rings. The average molecular weight is 388 g/mol. The van der Waals surface area contributed by atoms with E-state index in [1.54, 1.807) is 6.26 Å². The van der Waals surface area contributed by atoms with E-state index in [1.807, 2.05) is 56.3 Å². The number of nitriles is 1. The summed E-state index contributed by atoms with van der Waals surface area (Å²) in [5.74, 6) is 1.49. The molecule has 1 aliphatic rings. The van der Waals surface area contributed by atoms with Crippen molar-refractivity contribution in [2.45, 2.75) is 19.8 Å². The Morgan fingerprint density at radius 3 is 2.79 bits per heavy atom. The molecule has 1 aliphatic heterocycles. The Hall–Kier alpha value is -3.92. The van der Waals surface area contributed by atoms with E-state index in [4.69, 9.17) is 19.6 Å². The first kappa shape index (κ1) is 18.4. The Balaban J connectivity index is 1.82. The van der Waals surface area contributed by atoms with Gasteiger partial charge in [-0.15, -0.1) is 5.10 Å². The van der Waals surface area contributed by atoms with Crippen LogP contribution in [0.25, 0.3) is 17.3 Å². The second-order valence-corrected chi connectivity index (χ2v) is 6.60. The molecule has 0 amide bonds. The number of aromatic amines is 1. The maximum absolute atomic E-state index is 9.76. The SMILES string of the molecule is CCOc1ccc(-c2[nH]nc3c2[C@H](/C(C)=C/c2ccco2)C(C#N)=C(N)O3)cc1. The van der Waals surface area contributed by atoms with Crippen LogP contribution in [-0.2, 0) is 0 Å². The maximum atomic E-state index is 9.76. The van der Waals surface area contributed by atoms with Crippen LogP contribution >= 0.6 is 0 Å². The third kappa shape index (κ3) is 3.36. The molecule has 0 aliphatic carbocycles. The number of ether oxygens (including phenoxy) is 2. The molecule has 7 nitrogen and oxygen atoms in total. The van der Waals surface area contributed by atoms with Crippen molar-refractivity contribution in [2.75, 3.05) is 6.61 Å². The largest absolute Gasteiger partial charge is 0.494 e. The van der Waals surface area contributed by atoms with Crippen molar-refractivity contribution in [3.05, 3.63) is 71.0 Å². The fourth-order valence-electron chi connectivity index (χ4n) is 3.49. The lowest BCUT2D eigenvalue weighted by atomic mass is 9.83. The predicted octanol–water partition coefficient (Wildman–Crippen LogP) is 4.34. The van der Waals surface area contributed by atoms with Crippen LogP contribution < -0.4 is 15.2 Å². The number of hydrogen-bond acceptors (Lipinski definition) is 6. The highest BCUT2D eigenvalue weighted by Crippen LogP contribution is 2.46. The highest BCUT2D eigenvalue weighted by Gasteiger charge is 2.35. The first-order chi connectivity index (χ1) is 14.1. The molecule has 0 fully saturated rings. The van der Waals surface area contributed by atoms with Gasteiger partial charge < -0.3 is 19.6 Å². The molecule has 0 radical (unpaired) electrons. The summed E-state index contributed by atoms with van der Waals surface area (Å²) in [6.45, 7) is 4.47. The average Bonchev–Trinajstić information content (AvgIpc) is 3.37. The van der Waals surface area contributed by atoms with Crippen molar-refractivity contribution in [3.8, 4) is 29.0 Å². The molecule has 1 atom stereocenters. The molecule has 0 spiro atoms. The topological polar surface area (TPSA) is 110 Å². The second kappa shape index (κ2) is 7.60. The molecule has 0 saturated heterocycles. The Bertz CT molecular complexity index is 1120. The van der Waals surface area contributed by atoms with Crippen LogP contribution in [0, 0.1) is 11.3 Å². The van der Waals surface area contributed by atoms with E-state index in [-0.39, 0.29) is 5.88 Å². The summed E-state index contributed by atoms with van der Waals surface area (Å²) in [6.07, 6.45) is 3.49. The second-order valence-electron chi connectivity index (χ2n) is 6.60. The monoisotopic (exact) mass is 388 g/mol. The molecule has 0 saturated carbocycles. The summed E-state index contributed by atoms with van der Waals surface area (Å²) in [6, 6.07) is 13.5. The van der Waals surface area contributed by atoms with E-state index in [0.717, 1.165) is 28.1 Å². The van der Waals surface area contributed by atoms with Gasteiger partial charge in [0.15, 0.2) is 0 Å². The number of hydrogen-bond donors (Lipinski definition) is 2. The normalized spacial score (nSPS) is 16.2. The number of allylic oxidation sites excluding steroid dienone is 2. The van der Waals surface area contributed by atoms with Gasteiger partial charge in [0.05, 0.1) is 30.0 Å². The quantitative estimate of drug-likeness (QED) is 0.673. The number of benzene rings is 1. The van der Waals surface area contributed by atoms with Gasteiger partial charge in [0.2, 0.25) is 11.8 Å². The van der Waals surface area contributed by atoms with Crippen molar-refractivity contribution in [1.29, 1.82) is 5.26 Å². The molecule has 3 heterocycles. The van der Waals surface area contributed by atoms with Crippen molar-refractivity contribution >= 4 is 6.08 Å². The summed E-state index contributed by atoms with van der Waals surface area (Å²) < 4.78 is 16.6.